The average molecular weight is 211 g/mol. The first kappa shape index (κ1) is 10.5. The van der Waals surface area contributed by atoms with Crippen LogP contribution in [0.3, 0.4) is 0 Å². The van der Waals surface area contributed by atoms with Crippen molar-refractivity contribution in [3.05, 3.63) is 30.1 Å². The smallest absolute Gasteiger partial charge is 0.113 e. The molecule has 5 heteroatoms. The Morgan fingerprint density at radius 1 is 1.20 bits per heavy atom. The third-order valence-corrected chi connectivity index (χ3v) is 2.58. The predicted octanol–water partition coefficient (Wildman–Crippen LogP) is -0.764. The molecule has 2 heterocycles. The van der Waals surface area contributed by atoms with Crippen LogP contribution in [0, 0.1) is 0 Å². The van der Waals surface area contributed by atoms with Crippen molar-refractivity contribution in [1.82, 2.24) is 4.98 Å². The van der Waals surface area contributed by atoms with Crippen LogP contribution in [-0.2, 0) is 4.74 Å². The van der Waals surface area contributed by atoms with Crippen molar-refractivity contribution in [3.8, 4) is 0 Å². The summed E-state index contributed by atoms with van der Waals surface area (Å²) in [6, 6.07) is 3.42. The maximum absolute atomic E-state index is 9.71. The minimum absolute atomic E-state index is 0.306. The van der Waals surface area contributed by atoms with Gasteiger partial charge in [-0.3, -0.25) is 4.98 Å². The molecular formula is C10H13NO4. The molecule has 0 unspecified atom stereocenters. The Hall–Kier alpha value is -1.01. The van der Waals surface area contributed by atoms with E-state index in [1.807, 2.05) is 0 Å². The summed E-state index contributed by atoms with van der Waals surface area (Å²) in [6.45, 7) is -0.306. The number of hydrogen-bond donors (Lipinski definition) is 3. The van der Waals surface area contributed by atoms with E-state index >= 15 is 0 Å². The van der Waals surface area contributed by atoms with Gasteiger partial charge < -0.3 is 20.1 Å². The van der Waals surface area contributed by atoms with Crippen LogP contribution in [0.4, 0.5) is 0 Å². The number of aromatic nitrogens is 1. The van der Waals surface area contributed by atoms with Crippen molar-refractivity contribution in [2.45, 2.75) is 24.4 Å². The molecule has 2 rings (SSSR count). The van der Waals surface area contributed by atoms with Gasteiger partial charge in [-0.25, -0.2) is 0 Å². The lowest BCUT2D eigenvalue weighted by molar-refractivity contribution is -0.0227. The Morgan fingerprint density at radius 3 is 2.40 bits per heavy atom. The summed E-state index contributed by atoms with van der Waals surface area (Å²) in [6.07, 6.45) is -0.204. The minimum atomic E-state index is -1.05. The molecule has 1 aromatic heterocycles. The van der Waals surface area contributed by atoms with Gasteiger partial charge in [0.25, 0.3) is 0 Å². The topological polar surface area (TPSA) is 82.8 Å². The molecule has 0 radical (unpaired) electrons. The van der Waals surface area contributed by atoms with Gasteiger partial charge in [0.05, 0.1) is 6.61 Å². The standard InChI is InChI=1S/C10H13NO4/c12-5-7-8(13)9(14)10(15-7)6-1-3-11-4-2-6/h1-4,7-10,12-14H,5H2/t7-,8-,9-,10+/m1/s1. The zero-order valence-corrected chi connectivity index (χ0v) is 8.02. The molecule has 0 aliphatic carbocycles. The van der Waals surface area contributed by atoms with E-state index in [-0.39, 0.29) is 6.61 Å². The monoisotopic (exact) mass is 211 g/mol. The summed E-state index contributed by atoms with van der Waals surface area (Å²) >= 11 is 0. The Morgan fingerprint density at radius 2 is 1.87 bits per heavy atom. The lowest BCUT2D eigenvalue weighted by Crippen LogP contribution is -2.32. The quantitative estimate of drug-likeness (QED) is 0.598. The Kier molecular flexibility index (Phi) is 2.97. The van der Waals surface area contributed by atoms with E-state index in [9.17, 15) is 10.2 Å². The highest BCUT2D eigenvalue weighted by atomic mass is 16.6. The summed E-state index contributed by atoms with van der Waals surface area (Å²) in [4.78, 5) is 3.85. The van der Waals surface area contributed by atoms with Crippen LogP contribution in [-0.4, -0.2) is 45.2 Å². The van der Waals surface area contributed by atoms with Gasteiger partial charge in [-0.2, -0.15) is 0 Å². The van der Waals surface area contributed by atoms with E-state index in [1.165, 1.54) is 0 Å². The molecule has 82 valence electrons. The molecule has 0 aromatic carbocycles. The summed E-state index contributed by atoms with van der Waals surface area (Å²) in [5.41, 5.74) is 0.743. The molecule has 1 aromatic rings. The summed E-state index contributed by atoms with van der Waals surface area (Å²) < 4.78 is 5.34. The number of rotatable bonds is 2. The third-order valence-electron chi connectivity index (χ3n) is 2.58. The molecule has 0 saturated carbocycles. The normalized spacial score (nSPS) is 35.7. The van der Waals surface area contributed by atoms with Crippen molar-refractivity contribution in [1.29, 1.82) is 0 Å². The minimum Gasteiger partial charge on any atom is -0.394 e. The molecule has 4 atom stereocenters. The zero-order chi connectivity index (χ0) is 10.8. The molecule has 1 aliphatic rings. The molecule has 1 aliphatic heterocycles. The molecule has 0 spiro atoms. The first-order valence-corrected chi connectivity index (χ1v) is 4.76. The second-order valence-electron chi connectivity index (χ2n) is 3.54. The predicted molar refractivity (Wildman–Crippen MR) is 51.0 cm³/mol. The highest BCUT2D eigenvalue weighted by molar-refractivity contribution is 5.17. The van der Waals surface area contributed by atoms with Gasteiger partial charge in [0.15, 0.2) is 0 Å². The number of pyridine rings is 1. The van der Waals surface area contributed by atoms with Gasteiger partial charge in [-0.15, -0.1) is 0 Å². The van der Waals surface area contributed by atoms with Crippen LogP contribution in [0.1, 0.15) is 11.7 Å². The first-order chi connectivity index (χ1) is 7.24. The van der Waals surface area contributed by atoms with Crippen molar-refractivity contribution in [2.75, 3.05) is 6.61 Å². The Labute approximate surface area is 87.0 Å². The summed E-state index contributed by atoms with van der Waals surface area (Å²) in [5.74, 6) is 0. The summed E-state index contributed by atoms with van der Waals surface area (Å²) in [5, 5.41) is 28.2. The fourth-order valence-electron chi connectivity index (χ4n) is 1.73. The van der Waals surface area contributed by atoms with E-state index in [2.05, 4.69) is 4.98 Å². The van der Waals surface area contributed by atoms with E-state index in [0.717, 1.165) is 5.56 Å². The molecule has 3 N–H and O–H groups in total. The number of ether oxygens (including phenoxy) is 1. The number of hydrogen-bond acceptors (Lipinski definition) is 5. The van der Waals surface area contributed by atoms with Crippen LogP contribution in [0.2, 0.25) is 0 Å². The van der Waals surface area contributed by atoms with Crippen LogP contribution in [0.15, 0.2) is 24.5 Å². The highest BCUT2D eigenvalue weighted by Gasteiger charge is 2.42. The zero-order valence-electron chi connectivity index (χ0n) is 8.02. The van der Waals surface area contributed by atoms with E-state index < -0.39 is 24.4 Å². The second kappa shape index (κ2) is 4.24. The van der Waals surface area contributed by atoms with Gasteiger partial charge in [0, 0.05) is 12.4 Å². The molecule has 0 bridgehead atoms. The Balaban J connectivity index is 2.19. The fourth-order valence-corrected chi connectivity index (χ4v) is 1.73. The molecule has 1 saturated heterocycles. The van der Waals surface area contributed by atoms with Crippen LogP contribution in [0.5, 0.6) is 0 Å². The van der Waals surface area contributed by atoms with E-state index in [4.69, 9.17) is 9.84 Å². The molecule has 15 heavy (non-hydrogen) atoms. The molecule has 1 fully saturated rings. The molecule has 5 nitrogen and oxygen atoms in total. The highest BCUT2D eigenvalue weighted by Crippen LogP contribution is 2.32. The maximum Gasteiger partial charge on any atom is 0.113 e. The van der Waals surface area contributed by atoms with E-state index in [0.29, 0.717) is 0 Å². The third kappa shape index (κ3) is 1.87. The molecular weight excluding hydrogens is 198 g/mol. The van der Waals surface area contributed by atoms with Crippen LogP contribution < -0.4 is 0 Å². The van der Waals surface area contributed by atoms with E-state index in [1.54, 1.807) is 24.5 Å². The van der Waals surface area contributed by atoms with Crippen LogP contribution >= 0.6 is 0 Å². The number of aliphatic hydroxyl groups excluding tert-OH is 3. The van der Waals surface area contributed by atoms with Gasteiger partial charge in [-0.05, 0) is 17.7 Å². The summed E-state index contributed by atoms with van der Waals surface area (Å²) in [7, 11) is 0. The van der Waals surface area contributed by atoms with Gasteiger partial charge >= 0.3 is 0 Å². The van der Waals surface area contributed by atoms with Gasteiger partial charge in [-0.1, -0.05) is 0 Å². The van der Waals surface area contributed by atoms with Crippen molar-refractivity contribution < 1.29 is 20.1 Å². The number of nitrogens with zero attached hydrogens (tertiary/aromatic N) is 1. The number of aliphatic hydroxyl groups is 3. The van der Waals surface area contributed by atoms with Crippen molar-refractivity contribution in [3.63, 3.8) is 0 Å². The van der Waals surface area contributed by atoms with Crippen LogP contribution in [0.25, 0.3) is 0 Å². The fraction of sp³-hybridized carbons (Fsp3) is 0.500. The second-order valence-corrected chi connectivity index (χ2v) is 3.54. The lowest BCUT2D eigenvalue weighted by Gasteiger charge is -2.14. The van der Waals surface area contributed by atoms with Gasteiger partial charge in [0.1, 0.15) is 24.4 Å². The van der Waals surface area contributed by atoms with Crippen molar-refractivity contribution in [2.24, 2.45) is 0 Å². The van der Waals surface area contributed by atoms with Crippen molar-refractivity contribution >= 4 is 0 Å². The largest absolute Gasteiger partial charge is 0.394 e. The Bertz CT molecular complexity index is 318. The van der Waals surface area contributed by atoms with Gasteiger partial charge in [0.2, 0.25) is 0 Å². The maximum atomic E-state index is 9.71. The SMILES string of the molecule is OC[C@H]1O[C@@H](c2ccncc2)[C@H](O)[C@@H]1O. The average Bonchev–Trinajstić information content (AvgIpc) is 2.57. The molecule has 0 amide bonds. The first-order valence-electron chi connectivity index (χ1n) is 4.76. The lowest BCUT2D eigenvalue weighted by atomic mass is 10.0.